The first-order valence-electron chi connectivity index (χ1n) is 6.82. The highest BCUT2D eigenvalue weighted by Crippen LogP contribution is 2.33. The zero-order valence-corrected chi connectivity index (χ0v) is 12.6. The molecule has 1 rings (SSSR count). The minimum atomic E-state index is -1.89. The summed E-state index contributed by atoms with van der Waals surface area (Å²) in [5.41, 5.74) is -0.419. The van der Waals surface area contributed by atoms with Crippen molar-refractivity contribution < 1.29 is 24.2 Å². The van der Waals surface area contributed by atoms with E-state index in [2.05, 4.69) is 4.74 Å². The smallest absolute Gasteiger partial charge is 0.382 e. The highest BCUT2D eigenvalue weighted by Gasteiger charge is 2.44. The van der Waals surface area contributed by atoms with Gasteiger partial charge in [-0.15, -0.1) is 0 Å². The number of esters is 1. The average molecular weight is 324 g/mol. The Kier molecular flexibility index (Phi) is 6.31. The topological polar surface area (TPSA) is 130 Å². The van der Waals surface area contributed by atoms with Gasteiger partial charge >= 0.3 is 12.0 Å². The van der Waals surface area contributed by atoms with Crippen molar-refractivity contribution in [2.75, 3.05) is 6.61 Å². The van der Waals surface area contributed by atoms with E-state index in [0.29, 0.717) is 0 Å². The van der Waals surface area contributed by atoms with E-state index in [9.17, 15) is 29.8 Å². The van der Waals surface area contributed by atoms with Gasteiger partial charge in [0.1, 0.15) is 5.78 Å². The van der Waals surface area contributed by atoms with Crippen molar-refractivity contribution in [2.45, 2.75) is 32.2 Å². The third-order valence-corrected chi connectivity index (χ3v) is 3.18. The van der Waals surface area contributed by atoms with E-state index in [-0.39, 0.29) is 24.3 Å². The van der Waals surface area contributed by atoms with E-state index >= 15 is 0 Å². The van der Waals surface area contributed by atoms with Gasteiger partial charge in [-0.05, 0) is 13.8 Å². The van der Waals surface area contributed by atoms with Crippen LogP contribution >= 0.6 is 0 Å². The summed E-state index contributed by atoms with van der Waals surface area (Å²) in [5, 5.41) is 22.5. The van der Waals surface area contributed by atoms with Crippen LogP contribution in [0.15, 0.2) is 24.3 Å². The number of ketones is 1. The summed E-state index contributed by atoms with van der Waals surface area (Å²) >= 11 is 0. The van der Waals surface area contributed by atoms with Gasteiger partial charge in [-0.3, -0.25) is 20.2 Å². The summed E-state index contributed by atoms with van der Waals surface area (Å²) in [6.07, 6.45) is -0.380. The Balaban J connectivity index is 3.43. The van der Waals surface area contributed by atoms with Crippen LogP contribution in [0.25, 0.3) is 0 Å². The average Bonchev–Trinajstić information content (AvgIpc) is 2.46. The van der Waals surface area contributed by atoms with Crippen LogP contribution in [0.5, 0.6) is 0 Å². The fraction of sp³-hybridized carbons (Fsp3) is 0.429. The number of rotatable bonds is 8. The lowest BCUT2D eigenvalue weighted by Gasteiger charge is -2.19. The number of ether oxygens (including phenoxy) is 1. The lowest BCUT2D eigenvalue weighted by atomic mass is 9.86. The van der Waals surface area contributed by atoms with E-state index in [1.807, 2.05) is 0 Å². The lowest BCUT2D eigenvalue weighted by Crippen LogP contribution is -2.38. The first-order valence-corrected chi connectivity index (χ1v) is 6.82. The second kappa shape index (κ2) is 7.97. The largest absolute Gasteiger partial charge is 0.461 e. The van der Waals surface area contributed by atoms with E-state index in [1.54, 1.807) is 0 Å². The van der Waals surface area contributed by atoms with E-state index in [0.717, 1.165) is 0 Å². The van der Waals surface area contributed by atoms with Crippen LogP contribution in [-0.2, 0) is 14.3 Å². The third kappa shape index (κ3) is 4.56. The van der Waals surface area contributed by atoms with Gasteiger partial charge in [-0.2, -0.15) is 0 Å². The monoisotopic (exact) mass is 324 g/mol. The molecule has 0 aliphatic rings. The summed E-state index contributed by atoms with van der Waals surface area (Å²) in [4.78, 5) is 44.3. The zero-order valence-electron chi connectivity index (χ0n) is 12.6. The number of nitro groups is 2. The van der Waals surface area contributed by atoms with Crippen molar-refractivity contribution in [1.29, 1.82) is 0 Å². The Morgan fingerprint density at radius 1 is 1.22 bits per heavy atom. The molecule has 2 atom stereocenters. The summed E-state index contributed by atoms with van der Waals surface area (Å²) < 4.78 is 4.69. The summed E-state index contributed by atoms with van der Waals surface area (Å²) in [7, 11) is 0. The molecule has 1 aromatic rings. The Hall–Kier alpha value is -2.84. The van der Waals surface area contributed by atoms with Crippen LogP contribution in [-0.4, -0.2) is 34.2 Å². The van der Waals surface area contributed by atoms with E-state index in [1.165, 1.54) is 38.1 Å². The SMILES string of the molecule is CCOC(=O)C([C@H](CC(C)=O)c1ccccc1[N+](=O)[O-])[N+](=O)[O-]. The van der Waals surface area contributed by atoms with Crippen molar-refractivity contribution >= 4 is 17.4 Å². The minimum Gasteiger partial charge on any atom is -0.461 e. The predicted molar refractivity (Wildman–Crippen MR) is 78.6 cm³/mol. The molecule has 0 N–H and O–H groups in total. The molecule has 0 bridgehead atoms. The molecule has 9 heteroatoms. The number of carbonyl (C=O) groups excluding carboxylic acids is 2. The van der Waals surface area contributed by atoms with Crippen molar-refractivity contribution in [2.24, 2.45) is 0 Å². The number of Topliss-reactive ketones (excluding diaryl/α,β-unsaturated/α-hetero) is 1. The van der Waals surface area contributed by atoms with Gasteiger partial charge in [0.15, 0.2) is 0 Å². The number of carbonyl (C=O) groups is 2. The molecular weight excluding hydrogens is 308 g/mol. The molecule has 0 spiro atoms. The van der Waals surface area contributed by atoms with Crippen LogP contribution in [0.1, 0.15) is 31.7 Å². The highest BCUT2D eigenvalue weighted by molar-refractivity contribution is 5.81. The quantitative estimate of drug-likeness (QED) is 0.405. The molecule has 0 fully saturated rings. The van der Waals surface area contributed by atoms with Crippen molar-refractivity contribution in [3.05, 3.63) is 50.1 Å². The molecule has 0 aromatic heterocycles. The molecule has 124 valence electrons. The maximum atomic E-state index is 11.9. The van der Waals surface area contributed by atoms with Crippen molar-refractivity contribution in [3.63, 3.8) is 0 Å². The Labute approximate surface area is 131 Å². The Bertz CT molecular complexity index is 629. The molecule has 0 heterocycles. The van der Waals surface area contributed by atoms with Crippen LogP contribution < -0.4 is 0 Å². The second-order valence-electron chi connectivity index (χ2n) is 4.81. The fourth-order valence-corrected chi connectivity index (χ4v) is 2.29. The Morgan fingerprint density at radius 2 is 1.83 bits per heavy atom. The second-order valence-corrected chi connectivity index (χ2v) is 4.81. The molecule has 23 heavy (non-hydrogen) atoms. The van der Waals surface area contributed by atoms with E-state index in [4.69, 9.17) is 0 Å². The number of hydrogen-bond donors (Lipinski definition) is 0. The number of benzene rings is 1. The molecule has 0 saturated heterocycles. The fourth-order valence-electron chi connectivity index (χ4n) is 2.29. The van der Waals surface area contributed by atoms with E-state index < -0.39 is 33.6 Å². The summed E-state index contributed by atoms with van der Waals surface area (Å²) in [6, 6.07) is 3.45. The van der Waals surface area contributed by atoms with Gasteiger partial charge < -0.3 is 9.53 Å². The molecule has 0 amide bonds. The number of hydrogen-bond acceptors (Lipinski definition) is 7. The molecule has 9 nitrogen and oxygen atoms in total. The maximum absolute atomic E-state index is 11.9. The third-order valence-electron chi connectivity index (χ3n) is 3.18. The standard InChI is InChI=1S/C14H16N2O7/c1-3-23-14(18)13(16(21)22)11(8-9(2)17)10-6-4-5-7-12(10)15(19)20/h4-7,11,13H,3,8H2,1-2H3/t11-,13?/m1/s1. The summed E-state index contributed by atoms with van der Waals surface area (Å²) in [6.45, 7) is 2.61. The van der Waals surface area contributed by atoms with Gasteiger partial charge in [-0.1, -0.05) is 18.2 Å². The van der Waals surface area contributed by atoms with Crippen LogP contribution in [0, 0.1) is 20.2 Å². The molecule has 1 unspecified atom stereocenters. The number of para-hydroxylation sites is 1. The van der Waals surface area contributed by atoms with Crippen LogP contribution in [0.3, 0.4) is 0 Å². The van der Waals surface area contributed by atoms with Gasteiger partial charge in [0.05, 0.1) is 17.4 Å². The highest BCUT2D eigenvalue weighted by atomic mass is 16.6. The van der Waals surface area contributed by atoms with Gasteiger partial charge in [0.25, 0.3) is 5.69 Å². The lowest BCUT2D eigenvalue weighted by molar-refractivity contribution is -0.514. The minimum absolute atomic E-state index is 0.0394. The molecule has 0 aliphatic carbocycles. The zero-order chi connectivity index (χ0) is 17.6. The number of nitrogens with zero attached hydrogens (tertiary/aromatic N) is 2. The normalized spacial score (nSPS) is 13.0. The maximum Gasteiger partial charge on any atom is 0.382 e. The molecule has 1 aromatic carbocycles. The number of nitro benzene ring substituents is 1. The van der Waals surface area contributed by atoms with Crippen molar-refractivity contribution in [3.8, 4) is 0 Å². The van der Waals surface area contributed by atoms with Crippen molar-refractivity contribution in [1.82, 2.24) is 0 Å². The first-order chi connectivity index (χ1) is 10.8. The molecule has 0 radical (unpaired) electrons. The summed E-state index contributed by atoms with van der Waals surface area (Å²) in [5.74, 6) is -2.82. The molecule has 0 saturated carbocycles. The van der Waals surface area contributed by atoms with Crippen LogP contribution in [0.2, 0.25) is 0 Å². The molecule has 0 aliphatic heterocycles. The van der Waals surface area contributed by atoms with Gasteiger partial charge in [0.2, 0.25) is 0 Å². The van der Waals surface area contributed by atoms with Gasteiger partial charge in [0, 0.05) is 23.0 Å². The first kappa shape index (κ1) is 18.2. The van der Waals surface area contributed by atoms with Crippen LogP contribution in [0.4, 0.5) is 5.69 Å². The predicted octanol–water partition coefficient (Wildman–Crippen LogP) is 1.87. The Morgan fingerprint density at radius 3 is 2.30 bits per heavy atom. The molecular formula is C14H16N2O7. The van der Waals surface area contributed by atoms with Gasteiger partial charge in [-0.25, -0.2) is 4.79 Å².